The van der Waals surface area contributed by atoms with Crippen molar-refractivity contribution < 1.29 is 18.7 Å². The first-order chi connectivity index (χ1) is 12.9. The van der Waals surface area contributed by atoms with Crippen LogP contribution in [0.3, 0.4) is 0 Å². The van der Waals surface area contributed by atoms with E-state index in [4.69, 9.17) is 4.74 Å². The molecule has 0 spiro atoms. The van der Waals surface area contributed by atoms with E-state index >= 15 is 0 Å². The highest BCUT2D eigenvalue weighted by atomic mass is 79.9. The maximum absolute atomic E-state index is 14.3. The van der Waals surface area contributed by atoms with Gasteiger partial charge in [0.25, 0.3) is 5.91 Å². The molecule has 5 nitrogen and oxygen atoms in total. The van der Waals surface area contributed by atoms with Crippen LogP contribution in [-0.2, 0) is 4.79 Å². The molecule has 3 rings (SSSR count). The normalized spacial score (nSPS) is 14.2. The van der Waals surface area contributed by atoms with Crippen LogP contribution in [0.5, 0.6) is 5.75 Å². The number of halogens is 2. The van der Waals surface area contributed by atoms with E-state index in [0.29, 0.717) is 43.2 Å². The van der Waals surface area contributed by atoms with E-state index in [2.05, 4.69) is 15.9 Å². The van der Waals surface area contributed by atoms with Crippen LogP contribution < -0.4 is 9.64 Å². The van der Waals surface area contributed by atoms with Crippen molar-refractivity contribution in [3.8, 4) is 5.75 Å². The minimum Gasteiger partial charge on any atom is -0.484 e. The van der Waals surface area contributed by atoms with Crippen molar-refractivity contribution >= 4 is 33.3 Å². The minimum absolute atomic E-state index is 0.0245. The second-order valence-corrected chi connectivity index (χ2v) is 7.25. The van der Waals surface area contributed by atoms with Gasteiger partial charge >= 0.3 is 0 Å². The lowest BCUT2D eigenvalue weighted by Gasteiger charge is -2.36. The number of piperazine rings is 1. The summed E-state index contributed by atoms with van der Waals surface area (Å²) < 4.78 is 20.8. The third-order valence-corrected chi connectivity index (χ3v) is 5.03. The second kappa shape index (κ2) is 8.52. The van der Waals surface area contributed by atoms with Crippen molar-refractivity contribution in [1.29, 1.82) is 0 Å². The van der Waals surface area contributed by atoms with Crippen molar-refractivity contribution in [2.45, 2.75) is 6.92 Å². The molecule has 2 aromatic rings. The Hall–Kier alpha value is -2.41. The highest BCUT2D eigenvalue weighted by Gasteiger charge is 2.23. The zero-order valence-corrected chi connectivity index (χ0v) is 16.5. The second-order valence-electron chi connectivity index (χ2n) is 6.33. The van der Waals surface area contributed by atoms with Crippen molar-refractivity contribution in [2.24, 2.45) is 0 Å². The van der Waals surface area contributed by atoms with E-state index in [1.165, 1.54) is 13.0 Å². The summed E-state index contributed by atoms with van der Waals surface area (Å²) in [6, 6.07) is 11.8. The van der Waals surface area contributed by atoms with Gasteiger partial charge in [0, 0.05) is 36.2 Å². The summed E-state index contributed by atoms with van der Waals surface area (Å²) in [4.78, 5) is 27.3. The van der Waals surface area contributed by atoms with Crippen LogP contribution in [0.25, 0.3) is 0 Å². The predicted octanol–water partition coefficient (Wildman–Crippen LogP) is 3.52. The Kier molecular flexibility index (Phi) is 6.11. The molecule has 1 aliphatic heterocycles. The summed E-state index contributed by atoms with van der Waals surface area (Å²) in [5.74, 6) is -0.0366. The molecule has 0 aromatic heterocycles. The predicted molar refractivity (Wildman–Crippen MR) is 105 cm³/mol. The fourth-order valence-electron chi connectivity index (χ4n) is 2.95. The lowest BCUT2D eigenvalue weighted by atomic mass is 10.1. The highest BCUT2D eigenvalue weighted by molar-refractivity contribution is 9.10. The maximum atomic E-state index is 14.3. The smallest absolute Gasteiger partial charge is 0.260 e. The van der Waals surface area contributed by atoms with Gasteiger partial charge in [-0.3, -0.25) is 9.59 Å². The first-order valence-corrected chi connectivity index (χ1v) is 9.45. The van der Waals surface area contributed by atoms with Gasteiger partial charge in [0.2, 0.25) is 0 Å². The number of ether oxygens (including phenoxy) is 1. The molecule has 27 heavy (non-hydrogen) atoms. The Morgan fingerprint density at radius 2 is 1.74 bits per heavy atom. The quantitative estimate of drug-likeness (QED) is 0.675. The van der Waals surface area contributed by atoms with Gasteiger partial charge in [-0.05, 0) is 49.4 Å². The molecule has 0 N–H and O–H groups in total. The molecule has 0 aliphatic carbocycles. The number of anilines is 1. The molecule has 2 aromatic carbocycles. The van der Waals surface area contributed by atoms with Gasteiger partial charge in [0.15, 0.2) is 12.4 Å². The summed E-state index contributed by atoms with van der Waals surface area (Å²) in [7, 11) is 0. The topological polar surface area (TPSA) is 49.9 Å². The van der Waals surface area contributed by atoms with E-state index in [1.54, 1.807) is 29.2 Å². The number of hydrogen-bond acceptors (Lipinski definition) is 4. The Bertz CT molecular complexity index is 834. The Morgan fingerprint density at radius 3 is 2.33 bits per heavy atom. The number of ketones is 1. The van der Waals surface area contributed by atoms with Gasteiger partial charge in [-0.25, -0.2) is 4.39 Å². The standard InChI is InChI=1S/C20H20BrFN2O3/c1-14(25)15-2-7-19(18(22)12-15)23-8-10-24(11-9-23)20(26)13-27-17-5-3-16(21)4-6-17/h2-7,12H,8-11,13H2,1H3. The third kappa shape index (κ3) is 4.86. The van der Waals surface area contributed by atoms with E-state index in [-0.39, 0.29) is 18.3 Å². The fraction of sp³-hybridized carbons (Fsp3) is 0.300. The number of carbonyl (C=O) groups excluding carboxylic acids is 2. The van der Waals surface area contributed by atoms with Crippen molar-refractivity contribution in [3.05, 3.63) is 58.3 Å². The largest absolute Gasteiger partial charge is 0.484 e. The van der Waals surface area contributed by atoms with E-state index in [9.17, 15) is 14.0 Å². The van der Waals surface area contributed by atoms with E-state index in [1.807, 2.05) is 17.0 Å². The molecule has 0 atom stereocenters. The van der Waals surface area contributed by atoms with Gasteiger partial charge in [-0.2, -0.15) is 0 Å². The first kappa shape index (κ1) is 19.4. The Morgan fingerprint density at radius 1 is 1.07 bits per heavy atom. The number of amides is 1. The monoisotopic (exact) mass is 434 g/mol. The van der Waals surface area contributed by atoms with Crippen LogP contribution >= 0.6 is 15.9 Å². The zero-order valence-electron chi connectivity index (χ0n) is 15.0. The third-order valence-electron chi connectivity index (χ3n) is 4.50. The number of carbonyl (C=O) groups is 2. The SMILES string of the molecule is CC(=O)c1ccc(N2CCN(C(=O)COc3ccc(Br)cc3)CC2)c(F)c1. The van der Waals surface area contributed by atoms with Crippen molar-refractivity contribution in [2.75, 3.05) is 37.7 Å². The number of nitrogens with zero attached hydrogens (tertiary/aromatic N) is 2. The molecule has 1 aliphatic rings. The van der Waals surface area contributed by atoms with Crippen LogP contribution in [0.15, 0.2) is 46.9 Å². The van der Waals surface area contributed by atoms with Crippen molar-refractivity contribution in [1.82, 2.24) is 4.90 Å². The van der Waals surface area contributed by atoms with E-state index < -0.39 is 5.82 Å². The zero-order chi connectivity index (χ0) is 19.4. The molecule has 1 saturated heterocycles. The first-order valence-electron chi connectivity index (χ1n) is 8.65. The average molecular weight is 435 g/mol. The summed E-state index contributed by atoms with van der Waals surface area (Å²) >= 11 is 3.35. The summed E-state index contributed by atoms with van der Waals surface area (Å²) in [5, 5.41) is 0. The van der Waals surface area contributed by atoms with E-state index in [0.717, 1.165) is 4.47 Å². The molecule has 0 unspecified atom stereocenters. The summed E-state index contributed by atoms with van der Waals surface area (Å²) in [5.41, 5.74) is 0.813. The molecule has 142 valence electrons. The maximum Gasteiger partial charge on any atom is 0.260 e. The average Bonchev–Trinajstić information content (AvgIpc) is 2.67. The molecule has 0 radical (unpaired) electrons. The minimum atomic E-state index is -0.416. The Labute approximate surface area is 165 Å². The van der Waals surface area contributed by atoms with Gasteiger partial charge in [0.1, 0.15) is 11.6 Å². The molecular formula is C20H20BrFN2O3. The van der Waals surface area contributed by atoms with Crippen LogP contribution in [0.1, 0.15) is 17.3 Å². The number of benzene rings is 2. The van der Waals surface area contributed by atoms with Crippen LogP contribution in [0.4, 0.5) is 10.1 Å². The molecule has 1 fully saturated rings. The lowest BCUT2D eigenvalue weighted by Crippen LogP contribution is -2.50. The Balaban J connectivity index is 1.53. The number of Topliss-reactive ketones (excluding diaryl/α,β-unsaturated/α-hetero) is 1. The number of rotatable bonds is 5. The molecule has 7 heteroatoms. The number of hydrogen-bond donors (Lipinski definition) is 0. The van der Waals surface area contributed by atoms with Crippen molar-refractivity contribution in [3.63, 3.8) is 0 Å². The molecular weight excluding hydrogens is 415 g/mol. The molecule has 0 saturated carbocycles. The van der Waals surface area contributed by atoms with Crippen LogP contribution in [0.2, 0.25) is 0 Å². The summed E-state index contributed by atoms with van der Waals surface area (Å²) in [6.45, 7) is 3.44. The van der Waals surface area contributed by atoms with Gasteiger partial charge in [-0.1, -0.05) is 15.9 Å². The van der Waals surface area contributed by atoms with Gasteiger partial charge in [-0.15, -0.1) is 0 Å². The fourth-order valence-corrected chi connectivity index (χ4v) is 3.21. The van der Waals surface area contributed by atoms with Gasteiger partial charge < -0.3 is 14.5 Å². The summed E-state index contributed by atoms with van der Waals surface area (Å²) in [6.07, 6.45) is 0. The molecule has 0 bridgehead atoms. The van der Waals surface area contributed by atoms with Gasteiger partial charge in [0.05, 0.1) is 5.69 Å². The lowest BCUT2D eigenvalue weighted by molar-refractivity contribution is -0.133. The van der Waals surface area contributed by atoms with Crippen LogP contribution in [-0.4, -0.2) is 49.4 Å². The molecule has 1 amide bonds. The van der Waals surface area contributed by atoms with Crippen LogP contribution in [0, 0.1) is 5.82 Å². The molecule has 1 heterocycles. The highest BCUT2D eigenvalue weighted by Crippen LogP contribution is 2.22.